The molecule has 0 spiro atoms. The molecule has 162 valence electrons. The number of aryl methyl sites for hydroxylation is 1. The van der Waals surface area contributed by atoms with Crippen LogP contribution in [0.25, 0.3) is 10.8 Å². The predicted molar refractivity (Wildman–Crippen MR) is 132 cm³/mol. The van der Waals surface area contributed by atoms with Crippen molar-refractivity contribution in [2.75, 3.05) is 5.73 Å². The second kappa shape index (κ2) is 15.4. The molecule has 2 aromatic carbocycles. The van der Waals surface area contributed by atoms with Crippen molar-refractivity contribution in [1.82, 2.24) is 0 Å². The number of anilines is 1. The highest BCUT2D eigenvalue weighted by atomic mass is 14.6. The topological polar surface area (TPSA) is 26.0 Å². The molecule has 0 aliphatic rings. The Morgan fingerprint density at radius 3 is 1.59 bits per heavy atom. The number of unbranched alkanes of at least 4 members (excludes halogenated alkanes) is 15. The number of hydrogen-bond acceptors (Lipinski definition) is 1. The largest absolute Gasteiger partial charge is 0.398 e. The number of fused-ring (bicyclic) bond motifs is 1. The van der Waals surface area contributed by atoms with Crippen LogP contribution < -0.4 is 5.73 Å². The second-order valence-corrected chi connectivity index (χ2v) is 8.91. The molecule has 2 rings (SSSR count). The summed E-state index contributed by atoms with van der Waals surface area (Å²) in [7, 11) is 0. The van der Waals surface area contributed by atoms with Gasteiger partial charge in [0.1, 0.15) is 0 Å². The van der Waals surface area contributed by atoms with Gasteiger partial charge >= 0.3 is 0 Å². The summed E-state index contributed by atoms with van der Waals surface area (Å²) in [6.45, 7) is 2.29. The summed E-state index contributed by atoms with van der Waals surface area (Å²) in [5.74, 6) is 0. The van der Waals surface area contributed by atoms with Crippen LogP contribution in [0, 0.1) is 0 Å². The van der Waals surface area contributed by atoms with Crippen molar-refractivity contribution in [3.05, 3.63) is 42.0 Å². The minimum Gasteiger partial charge on any atom is -0.398 e. The van der Waals surface area contributed by atoms with Crippen LogP contribution in [0.3, 0.4) is 0 Å². The zero-order valence-electron chi connectivity index (χ0n) is 19.1. The van der Waals surface area contributed by atoms with Crippen molar-refractivity contribution in [3.8, 4) is 0 Å². The van der Waals surface area contributed by atoms with E-state index in [4.69, 9.17) is 5.73 Å². The minimum atomic E-state index is 0.963. The van der Waals surface area contributed by atoms with Crippen molar-refractivity contribution in [2.24, 2.45) is 0 Å². The summed E-state index contributed by atoms with van der Waals surface area (Å²) in [4.78, 5) is 0. The maximum atomic E-state index is 6.25. The van der Waals surface area contributed by atoms with Gasteiger partial charge in [-0.15, -0.1) is 0 Å². The Balaban J connectivity index is 1.42. The van der Waals surface area contributed by atoms with Crippen molar-refractivity contribution in [2.45, 2.75) is 116 Å². The Morgan fingerprint density at radius 1 is 0.552 bits per heavy atom. The Bertz CT molecular complexity index is 660. The van der Waals surface area contributed by atoms with Crippen molar-refractivity contribution in [3.63, 3.8) is 0 Å². The maximum absolute atomic E-state index is 6.25. The number of nitrogen functional groups attached to an aromatic ring is 1. The lowest BCUT2D eigenvalue weighted by Gasteiger charge is -2.10. The first-order valence-electron chi connectivity index (χ1n) is 12.6. The standard InChI is InChI=1S/C28H45N/c1-2-3-4-5-6-7-8-9-10-11-12-13-14-15-16-17-22-27-26-21-19-18-20-25(26)23-24-28(27)29/h18-21,23-24H,2-17,22,29H2,1H3. The molecule has 1 nitrogen and oxygen atoms in total. The number of nitrogens with two attached hydrogens (primary N) is 1. The molecule has 2 aromatic rings. The van der Waals surface area contributed by atoms with Gasteiger partial charge in [-0.3, -0.25) is 0 Å². The molecule has 0 radical (unpaired) electrons. The summed E-state index contributed by atoms with van der Waals surface area (Å²) in [6.07, 6.45) is 23.8. The SMILES string of the molecule is CCCCCCCCCCCCCCCCCCc1c(N)ccc2ccccc12. The third kappa shape index (κ3) is 9.70. The van der Waals surface area contributed by atoms with Crippen LogP contribution in [0.2, 0.25) is 0 Å². The van der Waals surface area contributed by atoms with Crippen LogP contribution in [0.15, 0.2) is 36.4 Å². The van der Waals surface area contributed by atoms with Gasteiger partial charge in [-0.05, 0) is 35.2 Å². The van der Waals surface area contributed by atoms with E-state index in [-0.39, 0.29) is 0 Å². The molecule has 0 amide bonds. The van der Waals surface area contributed by atoms with E-state index < -0.39 is 0 Å². The first-order valence-corrected chi connectivity index (χ1v) is 12.6. The van der Waals surface area contributed by atoms with Crippen molar-refractivity contribution in [1.29, 1.82) is 0 Å². The van der Waals surface area contributed by atoms with Crippen LogP contribution in [0.4, 0.5) is 5.69 Å². The summed E-state index contributed by atoms with van der Waals surface area (Å²) < 4.78 is 0. The lowest BCUT2D eigenvalue weighted by atomic mass is 9.97. The highest BCUT2D eigenvalue weighted by Crippen LogP contribution is 2.26. The predicted octanol–water partition coefficient (Wildman–Crippen LogP) is 9.23. The van der Waals surface area contributed by atoms with Gasteiger partial charge in [0.25, 0.3) is 0 Å². The molecule has 0 atom stereocenters. The number of benzene rings is 2. The molecule has 29 heavy (non-hydrogen) atoms. The Morgan fingerprint density at radius 2 is 1.03 bits per heavy atom. The lowest BCUT2D eigenvalue weighted by molar-refractivity contribution is 0.529. The molecule has 0 heterocycles. The molecule has 0 bridgehead atoms. The smallest absolute Gasteiger partial charge is 0.0353 e. The summed E-state index contributed by atoms with van der Waals surface area (Å²) in [5, 5.41) is 2.65. The number of hydrogen-bond donors (Lipinski definition) is 1. The highest BCUT2D eigenvalue weighted by molar-refractivity contribution is 5.89. The summed E-state index contributed by atoms with van der Waals surface area (Å²) in [6, 6.07) is 12.8. The Labute approximate surface area is 180 Å². The van der Waals surface area contributed by atoms with Gasteiger partial charge in [-0.1, -0.05) is 134 Å². The van der Waals surface area contributed by atoms with Gasteiger partial charge in [0.15, 0.2) is 0 Å². The van der Waals surface area contributed by atoms with Gasteiger partial charge in [0, 0.05) is 5.69 Å². The van der Waals surface area contributed by atoms with Crippen LogP contribution in [-0.2, 0) is 6.42 Å². The molecule has 0 aliphatic heterocycles. The van der Waals surface area contributed by atoms with Crippen LogP contribution in [-0.4, -0.2) is 0 Å². The van der Waals surface area contributed by atoms with E-state index >= 15 is 0 Å². The molecule has 1 heteroatoms. The van der Waals surface area contributed by atoms with Crippen LogP contribution in [0.1, 0.15) is 115 Å². The van der Waals surface area contributed by atoms with Gasteiger partial charge in [-0.25, -0.2) is 0 Å². The van der Waals surface area contributed by atoms with E-state index in [1.54, 1.807) is 0 Å². The average Bonchev–Trinajstić information content (AvgIpc) is 2.74. The van der Waals surface area contributed by atoms with E-state index in [9.17, 15) is 0 Å². The van der Waals surface area contributed by atoms with Gasteiger partial charge in [0.2, 0.25) is 0 Å². The quantitative estimate of drug-likeness (QED) is 0.209. The summed E-state index contributed by atoms with van der Waals surface area (Å²) in [5.41, 5.74) is 8.57. The fraction of sp³-hybridized carbons (Fsp3) is 0.643. The molecule has 0 aromatic heterocycles. The highest BCUT2D eigenvalue weighted by Gasteiger charge is 2.05. The Hall–Kier alpha value is -1.50. The van der Waals surface area contributed by atoms with Crippen LogP contribution in [0.5, 0.6) is 0 Å². The lowest BCUT2D eigenvalue weighted by Crippen LogP contribution is -1.96. The van der Waals surface area contributed by atoms with E-state index in [2.05, 4.69) is 43.3 Å². The van der Waals surface area contributed by atoms with Gasteiger partial charge in [0.05, 0.1) is 0 Å². The van der Waals surface area contributed by atoms with E-state index in [1.165, 1.54) is 119 Å². The van der Waals surface area contributed by atoms with Crippen molar-refractivity contribution < 1.29 is 0 Å². The van der Waals surface area contributed by atoms with Gasteiger partial charge in [-0.2, -0.15) is 0 Å². The van der Waals surface area contributed by atoms with E-state index in [0.717, 1.165) is 12.1 Å². The fourth-order valence-corrected chi connectivity index (χ4v) is 4.48. The molecule has 2 N–H and O–H groups in total. The third-order valence-electron chi connectivity index (χ3n) is 6.36. The molecule has 0 aliphatic carbocycles. The van der Waals surface area contributed by atoms with Gasteiger partial charge < -0.3 is 5.73 Å². The van der Waals surface area contributed by atoms with E-state index in [1.807, 2.05) is 0 Å². The molecular weight excluding hydrogens is 350 g/mol. The zero-order chi connectivity index (χ0) is 20.6. The van der Waals surface area contributed by atoms with Crippen molar-refractivity contribution >= 4 is 16.5 Å². The number of rotatable bonds is 17. The average molecular weight is 396 g/mol. The maximum Gasteiger partial charge on any atom is 0.0353 e. The molecule has 0 saturated carbocycles. The fourth-order valence-electron chi connectivity index (χ4n) is 4.48. The van der Waals surface area contributed by atoms with Crippen LogP contribution >= 0.6 is 0 Å². The summed E-state index contributed by atoms with van der Waals surface area (Å²) >= 11 is 0. The molecule has 0 fully saturated rings. The van der Waals surface area contributed by atoms with E-state index in [0.29, 0.717) is 0 Å². The zero-order valence-corrected chi connectivity index (χ0v) is 19.1. The second-order valence-electron chi connectivity index (χ2n) is 8.91. The monoisotopic (exact) mass is 395 g/mol. The Kier molecular flexibility index (Phi) is 12.6. The minimum absolute atomic E-state index is 0.963. The molecular formula is C28H45N. The third-order valence-corrected chi connectivity index (χ3v) is 6.36. The first kappa shape index (κ1) is 23.8. The normalized spacial score (nSPS) is 11.3. The first-order chi connectivity index (χ1) is 14.3. The molecule has 0 saturated heterocycles. The molecule has 0 unspecified atom stereocenters.